The third-order valence-electron chi connectivity index (χ3n) is 4.24. The van der Waals surface area contributed by atoms with Gasteiger partial charge >= 0.3 is 0 Å². The summed E-state index contributed by atoms with van der Waals surface area (Å²) in [5.74, 6) is -1.25. The van der Waals surface area contributed by atoms with Crippen LogP contribution in [0.25, 0.3) is 11.2 Å². The van der Waals surface area contributed by atoms with E-state index in [1.54, 1.807) is 6.33 Å². The minimum absolute atomic E-state index is 0.0496. The summed E-state index contributed by atoms with van der Waals surface area (Å²) in [6, 6.07) is 4.97. The van der Waals surface area contributed by atoms with Crippen molar-refractivity contribution in [1.82, 2.24) is 24.4 Å². The maximum Gasteiger partial charge on any atom is 0.236 e. The first-order valence-corrected chi connectivity index (χ1v) is 8.62. The quantitative estimate of drug-likeness (QED) is 0.687. The molecule has 0 saturated heterocycles. The zero-order chi connectivity index (χ0) is 19.4. The summed E-state index contributed by atoms with van der Waals surface area (Å²) in [4.78, 5) is 14.9. The Morgan fingerprint density at radius 1 is 1.15 bits per heavy atom. The molecule has 0 radical (unpaired) electrons. The first-order valence-electron chi connectivity index (χ1n) is 8.62. The largest absolute Gasteiger partial charge is 0.338 e. The van der Waals surface area contributed by atoms with E-state index in [1.165, 1.54) is 0 Å². The van der Waals surface area contributed by atoms with Gasteiger partial charge in [-0.3, -0.25) is 0 Å². The zero-order valence-corrected chi connectivity index (χ0v) is 15.1. The summed E-state index contributed by atoms with van der Waals surface area (Å²) >= 11 is 0. The van der Waals surface area contributed by atoms with Crippen molar-refractivity contribution in [3.63, 3.8) is 0 Å². The molecule has 7 nitrogen and oxygen atoms in total. The molecule has 0 amide bonds. The number of anilines is 2. The Kier molecular flexibility index (Phi) is 5.57. The summed E-state index contributed by atoms with van der Waals surface area (Å²) in [5.41, 5.74) is 1.10. The highest BCUT2D eigenvalue weighted by atomic mass is 19.1. The fraction of sp³-hybridized carbons (Fsp3) is 0.333. The van der Waals surface area contributed by atoms with Crippen LogP contribution in [0, 0.1) is 23.0 Å². The third kappa shape index (κ3) is 4.17. The number of nitrogens with one attached hydrogen (secondary N) is 1. The minimum atomic E-state index is -0.715. The fourth-order valence-electron chi connectivity index (χ4n) is 2.80. The van der Waals surface area contributed by atoms with Crippen LogP contribution in [-0.2, 0) is 6.54 Å². The van der Waals surface area contributed by atoms with Gasteiger partial charge in [-0.2, -0.15) is 15.2 Å². The van der Waals surface area contributed by atoms with Gasteiger partial charge in [0.25, 0.3) is 0 Å². The van der Waals surface area contributed by atoms with Crippen LogP contribution in [0.5, 0.6) is 0 Å². The van der Waals surface area contributed by atoms with E-state index in [2.05, 4.69) is 39.0 Å². The van der Waals surface area contributed by atoms with Crippen LogP contribution in [0.4, 0.5) is 20.3 Å². The highest BCUT2D eigenvalue weighted by Crippen LogP contribution is 2.24. The summed E-state index contributed by atoms with van der Waals surface area (Å²) in [6.07, 6.45) is 1.63. The standard InChI is InChI=1S/C18H19F2N7/c1-3-26(4-2)5-6-27-11-22-16-17(24-15(10-21)25-18(16)27)23-14-8-12(19)7-13(20)9-14/h7-9,11H,3-6H2,1-2H3,(H,23,24,25). The smallest absolute Gasteiger partial charge is 0.236 e. The number of nitriles is 1. The van der Waals surface area contributed by atoms with Gasteiger partial charge in [-0.25, -0.2) is 13.8 Å². The molecule has 2 aromatic heterocycles. The van der Waals surface area contributed by atoms with E-state index >= 15 is 0 Å². The maximum atomic E-state index is 13.4. The summed E-state index contributed by atoms with van der Waals surface area (Å²) in [7, 11) is 0. The molecular weight excluding hydrogens is 352 g/mol. The molecule has 0 unspecified atom stereocenters. The Morgan fingerprint density at radius 3 is 2.48 bits per heavy atom. The van der Waals surface area contributed by atoms with Crippen LogP contribution in [0.2, 0.25) is 0 Å². The number of benzene rings is 1. The molecule has 0 fully saturated rings. The lowest BCUT2D eigenvalue weighted by Crippen LogP contribution is -2.26. The van der Waals surface area contributed by atoms with Crippen LogP contribution < -0.4 is 5.32 Å². The number of imidazole rings is 1. The van der Waals surface area contributed by atoms with Gasteiger partial charge < -0.3 is 14.8 Å². The van der Waals surface area contributed by atoms with Gasteiger partial charge in [0, 0.05) is 24.8 Å². The first-order chi connectivity index (χ1) is 13.0. The Hall–Kier alpha value is -3.12. The number of fused-ring (bicyclic) bond motifs is 1. The molecule has 3 rings (SSSR count). The monoisotopic (exact) mass is 371 g/mol. The van der Waals surface area contributed by atoms with Crippen molar-refractivity contribution in [3.05, 3.63) is 42.0 Å². The number of hydrogen-bond donors (Lipinski definition) is 1. The summed E-state index contributed by atoms with van der Waals surface area (Å²) in [5, 5.41) is 12.1. The predicted octanol–water partition coefficient (Wildman–Crippen LogP) is 3.06. The van der Waals surface area contributed by atoms with Crippen LogP contribution in [-0.4, -0.2) is 44.1 Å². The van der Waals surface area contributed by atoms with Crippen molar-refractivity contribution in [2.75, 3.05) is 25.0 Å². The lowest BCUT2D eigenvalue weighted by atomic mass is 10.3. The second-order valence-electron chi connectivity index (χ2n) is 5.93. The molecule has 9 heteroatoms. The highest BCUT2D eigenvalue weighted by Gasteiger charge is 2.15. The molecule has 140 valence electrons. The zero-order valence-electron chi connectivity index (χ0n) is 15.1. The topological polar surface area (TPSA) is 82.7 Å². The lowest BCUT2D eigenvalue weighted by Gasteiger charge is -2.18. The number of hydrogen-bond acceptors (Lipinski definition) is 6. The third-order valence-corrected chi connectivity index (χ3v) is 4.24. The van der Waals surface area contributed by atoms with Crippen LogP contribution >= 0.6 is 0 Å². The second-order valence-corrected chi connectivity index (χ2v) is 5.93. The Balaban J connectivity index is 1.97. The molecular formula is C18H19F2N7. The number of aromatic nitrogens is 4. The van der Waals surface area contributed by atoms with Gasteiger partial charge in [-0.05, 0) is 25.2 Å². The van der Waals surface area contributed by atoms with E-state index in [1.807, 2.05) is 10.6 Å². The van der Waals surface area contributed by atoms with Gasteiger partial charge in [0.05, 0.1) is 6.33 Å². The van der Waals surface area contributed by atoms with Crippen LogP contribution in [0.1, 0.15) is 19.7 Å². The summed E-state index contributed by atoms with van der Waals surface area (Å²) < 4.78 is 28.7. The minimum Gasteiger partial charge on any atom is -0.338 e. The van der Waals surface area contributed by atoms with Gasteiger partial charge in [0.2, 0.25) is 5.82 Å². The molecule has 2 heterocycles. The van der Waals surface area contributed by atoms with Gasteiger partial charge in [0.15, 0.2) is 17.0 Å². The van der Waals surface area contributed by atoms with Crippen LogP contribution in [0.15, 0.2) is 24.5 Å². The van der Waals surface area contributed by atoms with E-state index < -0.39 is 11.6 Å². The van der Waals surface area contributed by atoms with Crippen molar-refractivity contribution in [3.8, 4) is 6.07 Å². The van der Waals surface area contributed by atoms with E-state index in [0.717, 1.165) is 37.8 Å². The Labute approximate surface area is 155 Å². The van der Waals surface area contributed by atoms with Crippen molar-refractivity contribution < 1.29 is 8.78 Å². The van der Waals surface area contributed by atoms with Crippen LogP contribution in [0.3, 0.4) is 0 Å². The van der Waals surface area contributed by atoms with Gasteiger partial charge in [0.1, 0.15) is 17.7 Å². The molecule has 0 saturated carbocycles. The maximum absolute atomic E-state index is 13.4. The Bertz CT molecular complexity index is 969. The van der Waals surface area contributed by atoms with Crippen molar-refractivity contribution in [1.29, 1.82) is 5.26 Å². The number of nitrogens with zero attached hydrogens (tertiary/aromatic N) is 6. The first kappa shape index (κ1) is 18.7. The molecule has 0 aliphatic carbocycles. The number of rotatable bonds is 7. The fourth-order valence-corrected chi connectivity index (χ4v) is 2.80. The van der Waals surface area contributed by atoms with Crippen molar-refractivity contribution >= 4 is 22.7 Å². The molecule has 1 aromatic carbocycles. The summed E-state index contributed by atoms with van der Waals surface area (Å²) in [6.45, 7) is 7.49. The number of likely N-dealkylation sites (N-methyl/N-ethyl adjacent to an activating group) is 1. The molecule has 0 aliphatic rings. The highest BCUT2D eigenvalue weighted by molar-refractivity contribution is 5.85. The lowest BCUT2D eigenvalue weighted by molar-refractivity contribution is 0.291. The molecule has 3 aromatic rings. The SMILES string of the molecule is CCN(CC)CCn1cnc2c(Nc3cc(F)cc(F)c3)nc(C#N)nc21. The van der Waals surface area contributed by atoms with E-state index in [9.17, 15) is 14.0 Å². The molecule has 1 N–H and O–H groups in total. The molecule has 0 bridgehead atoms. The molecule has 0 atom stereocenters. The van der Waals surface area contributed by atoms with E-state index in [4.69, 9.17) is 0 Å². The van der Waals surface area contributed by atoms with Gasteiger partial charge in [-0.1, -0.05) is 13.8 Å². The predicted molar refractivity (Wildman–Crippen MR) is 97.5 cm³/mol. The second kappa shape index (κ2) is 8.05. The van der Waals surface area contributed by atoms with Crippen molar-refractivity contribution in [2.24, 2.45) is 0 Å². The molecule has 0 spiro atoms. The van der Waals surface area contributed by atoms with Gasteiger partial charge in [-0.15, -0.1) is 0 Å². The Morgan fingerprint density at radius 2 is 1.85 bits per heavy atom. The number of halogens is 2. The van der Waals surface area contributed by atoms with E-state index in [0.29, 0.717) is 17.7 Å². The normalized spacial score (nSPS) is 11.1. The average molecular weight is 371 g/mol. The van der Waals surface area contributed by atoms with Crippen molar-refractivity contribution in [2.45, 2.75) is 20.4 Å². The average Bonchev–Trinajstić information content (AvgIpc) is 3.05. The van der Waals surface area contributed by atoms with E-state index in [-0.39, 0.29) is 17.3 Å². The molecule has 27 heavy (non-hydrogen) atoms. The molecule has 0 aliphatic heterocycles.